The lowest BCUT2D eigenvalue weighted by molar-refractivity contribution is 0.0340. The predicted octanol–water partition coefficient (Wildman–Crippen LogP) is 1.62. The summed E-state index contributed by atoms with van der Waals surface area (Å²) < 4.78 is 5.69. The summed E-state index contributed by atoms with van der Waals surface area (Å²) >= 11 is 0. The molecule has 0 atom stereocenters. The van der Waals surface area contributed by atoms with Crippen molar-refractivity contribution in [2.24, 2.45) is 5.73 Å². The molecule has 19 heavy (non-hydrogen) atoms. The van der Waals surface area contributed by atoms with Crippen LogP contribution in [0, 0.1) is 0 Å². The van der Waals surface area contributed by atoms with Gasteiger partial charge in [-0.1, -0.05) is 19.1 Å². The van der Waals surface area contributed by atoms with E-state index in [0.29, 0.717) is 19.7 Å². The van der Waals surface area contributed by atoms with Crippen LogP contribution in [0.2, 0.25) is 0 Å². The van der Waals surface area contributed by atoms with E-state index in [1.807, 2.05) is 38.1 Å². The molecule has 0 spiro atoms. The molecule has 1 rings (SSSR count). The maximum Gasteiger partial charge on any atom is 0.119 e. The van der Waals surface area contributed by atoms with E-state index in [4.69, 9.17) is 10.5 Å². The number of rotatable bonds is 8. The van der Waals surface area contributed by atoms with Crippen LogP contribution in [-0.2, 0) is 6.54 Å². The Bertz CT molecular complexity index is 357. The molecule has 4 nitrogen and oxygen atoms in total. The number of nitrogens with two attached hydrogens (primary N) is 1. The number of likely N-dealkylation sites (N-methyl/N-ethyl adjacent to an activating group) is 1. The average Bonchev–Trinajstić information content (AvgIpc) is 2.37. The molecule has 0 amide bonds. The first kappa shape index (κ1) is 16.0. The highest BCUT2D eigenvalue weighted by molar-refractivity contribution is 5.27. The Morgan fingerprint density at radius 1 is 1.26 bits per heavy atom. The summed E-state index contributed by atoms with van der Waals surface area (Å²) in [6.45, 7) is 9.25. The summed E-state index contributed by atoms with van der Waals surface area (Å²) in [5.74, 6) is 0.858. The van der Waals surface area contributed by atoms with Crippen molar-refractivity contribution in [3.05, 3.63) is 29.8 Å². The van der Waals surface area contributed by atoms with Crippen molar-refractivity contribution in [1.29, 1.82) is 0 Å². The zero-order chi connectivity index (χ0) is 14.3. The zero-order valence-corrected chi connectivity index (χ0v) is 12.2. The highest BCUT2D eigenvalue weighted by Crippen LogP contribution is 2.12. The summed E-state index contributed by atoms with van der Waals surface area (Å²) in [5, 5.41) is 9.80. The van der Waals surface area contributed by atoms with Crippen molar-refractivity contribution < 1.29 is 9.84 Å². The van der Waals surface area contributed by atoms with Gasteiger partial charge in [0, 0.05) is 19.6 Å². The van der Waals surface area contributed by atoms with Crippen molar-refractivity contribution >= 4 is 0 Å². The van der Waals surface area contributed by atoms with Gasteiger partial charge in [0.2, 0.25) is 0 Å². The normalized spacial score (nSPS) is 11.9. The maximum absolute atomic E-state index is 9.80. The Kier molecular flexibility index (Phi) is 6.28. The molecule has 4 heteroatoms. The fourth-order valence-electron chi connectivity index (χ4n) is 1.91. The molecule has 0 saturated carbocycles. The van der Waals surface area contributed by atoms with Crippen LogP contribution < -0.4 is 10.5 Å². The first-order valence-electron chi connectivity index (χ1n) is 6.81. The summed E-state index contributed by atoms with van der Waals surface area (Å²) in [6.07, 6.45) is 0. The van der Waals surface area contributed by atoms with Crippen LogP contribution >= 0.6 is 0 Å². The van der Waals surface area contributed by atoms with Gasteiger partial charge in [0.15, 0.2) is 0 Å². The number of nitrogens with zero attached hydrogens (tertiary/aromatic N) is 1. The van der Waals surface area contributed by atoms with Gasteiger partial charge in [0.1, 0.15) is 12.4 Å². The molecule has 0 unspecified atom stereocenters. The first-order valence-corrected chi connectivity index (χ1v) is 6.81. The van der Waals surface area contributed by atoms with Crippen molar-refractivity contribution in [3.63, 3.8) is 0 Å². The lowest BCUT2D eigenvalue weighted by atomic mass is 10.1. The van der Waals surface area contributed by atoms with Gasteiger partial charge in [-0.15, -0.1) is 0 Å². The van der Waals surface area contributed by atoms with Gasteiger partial charge in [-0.3, -0.25) is 4.90 Å². The van der Waals surface area contributed by atoms with Gasteiger partial charge < -0.3 is 15.6 Å². The van der Waals surface area contributed by atoms with E-state index in [0.717, 1.165) is 24.4 Å². The fraction of sp³-hybridized carbons (Fsp3) is 0.600. The second-order valence-electron chi connectivity index (χ2n) is 5.38. The molecule has 0 aliphatic heterocycles. The van der Waals surface area contributed by atoms with Gasteiger partial charge >= 0.3 is 0 Å². The van der Waals surface area contributed by atoms with E-state index in [2.05, 4.69) is 11.8 Å². The van der Waals surface area contributed by atoms with Gasteiger partial charge in [0.05, 0.1) is 5.60 Å². The Hall–Kier alpha value is -1.10. The SMILES string of the molecule is CCN(CCOc1ccc(CN)cc1)CC(C)(C)O. The Morgan fingerprint density at radius 2 is 1.89 bits per heavy atom. The molecule has 3 N–H and O–H groups in total. The highest BCUT2D eigenvalue weighted by Gasteiger charge is 2.16. The third kappa shape index (κ3) is 6.57. The molecule has 0 heterocycles. The van der Waals surface area contributed by atoms with Crippen LogP contribution in [-0.4, -0.2) is 41.8 Å². The minimum atomic E-state index is -0.668. The van der Waals surface area contributed by atoms with E-state index in [9.17, 15) is 5.11 Å². The van der Waals surface area contributed by atoms with Crippen LogP contribution in [0.15, 0.2) is 24.3 Å². The molecule has 0 radical (unpaired) electrons. The smallest absolute Gasteiger partial charge is 0.119 e. The summed E-state index contributed by atoms with van der Waals surface area (Å²) in [4.78, 5) is 2.17. The van der Waals surface area contributed by atoms with E-state index in [1.165, 1.54) is 0 Å². The number of hydrogen-bond donors (Lipinski definition) is 2. The van der Waals surface area contributed by atoms with Gasteiger partial charge in [-0.25, -0.2) is 0 Å². The molecule has 0 saturated heterocycles. The van der Waals surface area contributed by atoms with Gasteiger partial charge in [-0.2, -0.15) is 0 Å². The van der Waals surface area contributed by atoms with E-state index < -0.39 is 5.60 Å². The molecule has 108 valence electrons. The van der Waals surface area contributed by atoms with Crippen molar-refractivity contribution in [2.75, 3.05) is 26.2 Å². The molecule has 0 bridgehead atoms. The Morgan fingerprint density at radius 3 is 2.37 bits per heavy atom. The quantitative estimate of drug-likeness (QED) is 0.750. The topological polar surface area (TPSA) is 58.7 Å². The summed E-state index contributed by atoms with van der Waals surface area (Å²) in [5.41, 5.74) is 5.98. The molecule has 1 aromatic carbocycles. The zero-order valence-electron chi connectivity index (χ0n) is 12.2. The van der Waals surface area contributed by atoms with Crippen molar-refractivity contribution in [3.8, 4) is 5.75 Å². The number of benzene rings is 1. The molecule has 0 aliphatic rings. The maximum atomic E-state index is 9.80. The van der Waals surface area contributed by atoms with E-state index in [1.54, 1.807) is 0 Å². The monoisotopic (exact) mass is 266 g/mol. The third-order valence-electron chi connectivity index (χ3n) is 2.89. The highest BCUT2D eigenvalue weighted by atomic mass is 16.5. The summed E-state index contributed by atoms with van der Waals surface area (Å²) in [6, 6.07) is 7.83. The minimum absolute atomic E-state index is 0.551. The lowest BCUT2D eigenvalue weighted by Crippen LogP contribution is -2.40. The molecular weight excluding hydrogens is 240 g/mol. The summed E-state index contributed by atoms with van der Waals surface area (Å²) in [7, 11) is 0. The standard InChI is InChI=1S/C15H26N2O2/c1-4-17(12-15(2,3)18)9-10-19-14-7-5-13(11-16)6-8-14/h5-8,18H,4,9-12,16H2,1-3H3. The molecule has 0 fully saturated rings. The van der Waals surface area contributed by atoms with Gasteiger partial charge in [0.25, 0.3) is 0 Å². The first-order chi connectivity index (χ1) is 8.94. The number of ether oxygens (including phenoxy) is 1. The lowest BCUT2D eigenvalue weighted by Gasteiger charge is -2.27. The number of hydrogen-bond acceptors (Lipinski definition) is 4. The second-order valence-corrected chi connectivity index (χ2v) is 5.38. The van der Waals surface area contributed by atoms with Crippen molar-refractivity contribution in [1.82, 2.24) is 4.90 Å². The van der Waals surface area contributed by atoms with E-state index in [-0.39, 0.29) is 0 Å². The predicted molar refractivity (Wildman–Crippen MR) is 78.2 cm³/mol. The number of aliphatic hydroxyl groups is 1. The molecule has 0 aromatic heterocycles. The average molecular weight is 266 g/mol. The van der Waals surface area contributed by atoms with E-state index >= 15 is 0 Å². The minimum Gasteiger partial charge on any atom is -0.492 e. The van der Waals surface area contributed by atoms with Crippen LogP contribution in [0.5, 0.6) is 5.75 Å². The second kappa shape index (κ2) is 7.48. The van der Waals surface area contributed by atoms with Crippen LogP contribution in [0.25, 0.3) is 0 Å². The molecule has 1 aromatic rings. The Labute approximate surface area is 116 Å². The largest absolute Gasteiger partial charge is 0.492 e. The van der Waals surface area contributed by atoms with Crippen LogP contribution in [0.4, 0.5) is 0 Å². The van der Waals surface area contributed by atoms with Crippen LogP contribution in [0.1, 0.15) is 26.3 Å². The molecular formula is C15H26N2O2. The fourth-order valence-corrected chi connectivity index (χ4v) is 1.91. The van der Waals surface area contributed by atoms with Crippen LogP contribution in [0.3, 0.4) is 0 Å². The van der Waals surface area contributed by atoms with Crippen molar-refractivity contribution in [2.45, 2.75) is 32.9 Å². The van der Waals surface area contributed by atoms with Gasteiger partial charge in [-0.05, 0) is 38.1 Å². The Balaban J connectivity index is 2.35. The molecule has 0 aliphatic carbocycles. The third-order valence-corrected chi connectivity index (χ3v) is 2.89.